The minimum Gasteiger partial charge on any atom is -0.493 e. The number of carbonyl (C=O) groups is 1. The molecule has 11 heteroatoms. The number of anilines is 1. The molecular weight excluding hydrogens is 445 g/mol. The Kier molecular flexibility index (Phi) is 7.29. The van der Waals surface area contributed by atoms with Crippen LogP contribution >= 0.6 is 34.8 Å². The van der Waals surface area contributed by atoms with Crippen LogP contribution in [0.1, 0.15) is 5.56 Å². The zero-order valence-electron chi connectivity index (χ0n) is 15.0. The molecule has 0 saturated carbocycles. The van der Waals surface area contributed by atoms with Crippen LogP contribution in [-0.2, 0) is 4.79 Å². The van der Waals surface area contributed by atoms with Gasteiger partial charge in [0, 0.05) is 18.2 Å². The summed E-state index contributed by atoms with van der Waals surface area (Å²) in [6.45, 7) is 0. The van der Waals surface area contributed by atoms with Gasteiger partial charge in [-0.05, 0) is 17.7 Å². The van der Waals surface area contributed by atoms with Crippen LogP contribution in [-0.4, -0.2) is 25.1 Å². The summed E-state index contributed by atoms with van der Waals surface area (Å²) in [6.07, 6.45) is 1.24. The molecule has 2 aromatic carbocycles. The molecule has 2 rings (SSSR count). The van der Waals surface area contributed by atoms with E-state index in [0.717, 1.165) is 12.1 Å². The minimum atomic E-state index is -0.837. The molecule has 0 heterocycles. The summed E-state index contributed by atoms with van der Waals surface area (Å²) in [5, 5.41) is 22.5. The molecule has 0 aromatic heterocycles. The van der Waals surface area contributed by atoms with Crippen molar-refractivity contribution in [3.05, 3.63) is 60.6 Å². The molecule has 0 aliphatic carbocycles. The van der Waals surface area contributed by atoms with Crippen molar-refractivity contribution in [3.63, 3.8) is 0 Å². The van der Waals surface area contributed by atoms with E-state index in [1.807, 2.05) is 0 Å². The summed E-state index contributed by atoms with van der Waals surface area (Å²) in [4.78, 5) is 22.7. The molecule has 0 unspecified atom stereocenters. The molecule has 0 bridgehead atoms. The van der Waals surface area contributed by atoms with Crippen LogP contribution in [0.15, 0.2) is 29.8 Å². The normalized spacial score (nSPS) is 10.8. The van der Waals surface area contributed by atoms with E-state index < -0.39 is 10.8 Å². The number of hydrogen-bond acceptors (Lipinski definition) is 6. The Morgan fingerprint density at radius 1 is 1.10 bits per heavy atom. The number of ether oxygens (including phenoxy) is 2. The molecule has 2 aromatic rings. The van der Waals surface area contributed by atoms with Gasteiger partial charge in [0.1, 0.15) is 11.6 Å². The fourth-order valence-corrected chi connectivity index (χ4v) is 3.03. The lowest BCUT2D eigenvalue weighted by Gasteiger charge is -2.11. The number of nitro benzene ring substituents is 1. The first-order valence-corrected chi connectivity index (χ1v) is 8.83. The maximum atomic E-state index is 12.5. The smallest absolute Gasteiger partial charge is 0.272 e. The van der Waals surface area contributed by atoms with E-state index in [4.69, 9.17) is 44.3 Å². The molecule has 0 atom stereocenters. The van der Waals surface area contributed by atoms with Crippen LogP contribution in [0, 0.1) is 21.4 Å². The molecule has 0 aliphatic rings. The summed E-state index contributed by atoms with van der Waals surface area (Å²) in [5.41, 5.74) is -0.392. The highest BCUT2D eigenvalue weighted by atomic mass is 35.5. The van der Waals surface area contributed by atoms with Gasteiger partial charge in [-0.3, -0.25) is 14.9 Å². The van der Waals surface area contributed by atoms with Gasteiger partial charge in [-0.25, -0.2) is 0 Å². The van der Waals surface area contributed by atoms with Gasteiger partial charge in [0.25, 0.3) is 11.6 Å². The van der Waals surface area contributed by atoms with Crippen LogP contribution in [0.2, 0.25) is 15.1 Å². The largest absolute Gasteiger partial charge is 0.493 e. The summed E-state index contributed by atoms with van der Waals surface area (Å²) >= 11 is 18.1. The molecule has 29 heavy (non-hydrogen) atoms. The number of benzene rings is 2. The van der Waals surface area contributed by atoms with Crippen molar-refractivity contribution in [1.82, 2.24) is 0 Å². The maximum absolute atomic E-state index is 12.5. The monoisotopic (exact) mass is 455 g/mol. The van der Waals surface area contributed by atoms with Crippen molar-refractivity contribution in [2.45, 2.75) is 0 Å². The molecule has 0 fully saturated rings. The third kappa shape index (κ3) is 5.09. The molecule has 1 amide bonds. The highest BCUT2D eigenvalue weighted by Crippen LogP contribution is 2.36. The van der Waals surface area contributed by atoms with Gasteiger partial charge in [-0.15, -0.1) is 0 Å². The van der Waals surface area contributed by atoms with Crippen molar-refractivity contribution >= 4 is 58.2 Å². The minimum absolute atomic E-state index is 0.0662. The fourth-order valence-electron chi connectivity index (χ4n) is 2.25. The third-order valence-electron chi connectivity index (χ3n) is 3.64. The van der Waals surface area contributed by atoms with E-state index in [-0.39, 0.29) is 32.0 Å². The molecule has 0 aliphatic heterocycles. The summed E-state index contributed by atoms with van der Waals surface area (Å²) in [7, 11) is 2.87. The molecule has 150 valence electrons. The van der Waals surface area contributed by atoms with E-state index in [0.29, 0.717) is 17.1 Å². The number of hydrogen-bond donors (Lipinski definition) is 1. The van der Waals surface area contributed by atoms with Crippen LogP contribution in [0.3, 0.4) is 0 Å². The van der Waals surface area contributed by atoms with Crippen molar-refractivity contribution < 1.29 is 19.2 Å². The third-order valence-corrected chi connectivity index (χ3v) is 4.57. The Morgan fingerprint density at radius 3 is 2.14 bits per heavy atom. The van der Waals surface area contributed by atoms with Gasteiger partial charge in [-0.1, -0.05) is 34.8 Å². The van der Waals surface area contributed by atoms with E-state index in [1.54, 1.807) is 6.07 Å². The first-order valence-electron chi connectivity index (χ1n) is 7.69. The average Bonchev–Trinajstić information content (AvgIpc) is 2.68. The van der Waals surface area contributed by atoms with Gasteiger partial charge in [0.15, 0.2) is 11.5 Å². The van der Waals surface area contributed by atoms with Gasteiger partial charge in [-0.2, -0.15) is 5.26 Å². The van der Waals surface area contributed by atoms with Crippen LogP contribution in [0.25, 0.3) is 6.08 Å². The number of amides is 1. The first kappa shape index (κ1) is 22.3. The lowest BCUT2D eigenvalue weighted by molar-refractivity contribution is -0.384. The number of rotatable bonds is 6. The molecule has 0 radical (unpaired) electrons. The van der Waals surface area contributed by atoms with Crippen molar-refractivity contribution in [1.29, 1.82) is 5.26 Å². The Balaban J connectivity index is 2.40. The first-order chi connectivity index (χ1) is 13.7. The van der Waals surface area contributed by atoms with Gasteiger partial charge >= 0.3 is 0 Å². The number of nitriles is 1. The SMILES string of the molecule is COc1cc(Cl)c(/C=C(\C#N)C(=O)Nc2c(Cl)cc([N+](=O)[O-])cc2Cl)cc1OC. The quantitative estimate of drug-likeness (QED) is 0.279. The van der Waals surface area contributed by atoms with Crippen molar-refractivity contribution in [2.24, 2.45) is 0 Å². The number of halogens is 3. The molecule has 1 N–H and O–H groups in total. The molecule has 0 spiro atoms. The molecule has 8 nitrogen and oxygen atoms in total. The van der Waals surface area contributed by atoms with E-state index in [1.165, 1.54) is 32.4 Å². The number of nitrogens with one attached hydrogen (secondary N) is 1. The second-order valence-corrected chi connectivity index (χ2v) is 6.62. The Hall–Kier alpha value is -2.99. The number of methoxy groups -OCH3 is 2. The standard InChI is InChI=1S/C18H12Cl3N3O5/c1-28-15-4-9(12(19)7-16(15)29-2)3-10(8-22)18(25)23-17-13(20)5-11(24(26)27)6-14(17)21/h3-7H,1-2H3,(H,23,25)/b10-3+. The highest BCUT2D eigenvalue weighted by Gasteiger charge is 2.19. The zero-order chi connectivity index (χ0) is 21.7. The van der Waals surface area contributed by atoms with E-state index in [2.05, 4.69) is 5.32 Å². The topological polar surface area (TPSA) is 114 Å². The average molecular weight is 457 g/mol. The zero-order valence-corrected chi connectivity index (χ0v) is 17.2. The van der Waals surface area contributed by atoms with E-state index >= 15 is 0 Å². The number of non-ortho nitro benzene ring substituents is 1. The van der Waals surface area contributed by atoms with Crippen LogP contribution in [0.5, 0.6) is 11.5 Å². The second-order valence-electron chi connectivity index (χ2n) is 5.39. The summed E-state index contributed by atoms with van der Waals surface area (Å²) < 4.78 is 10.3. The number of nitrogens with zero attached hydrogens (tertiary/aromatic N) is 2. The maximum Gasteiger partial charge on any atom is 0.272 e. The number of carbonyl (C=O) groups excluding carboxylic acids is 1. The van der Waals surface area contributed by atoms with Crippen LogP contribution in [0.4, 0.5) is 11.4 Å². The van der Waals surface area contributed by atoms with Gasteiger partial charge in [0.2, 0.25) is 0 Å². The Bertz CT molecular complexity index is 1040. The predicted octanol–water partition coefficient (Wildman–Crippen LogP) is 5.12. The van der Waals surface area contributed by atoms with Crippen LogP contribution < -0.4 is 14.8 Å². The number of nitro groups is 1. The summed E-state index contributed by atoms with van der Waals surface area (Å²) in [6, 6.07) is 6.79. The van der Waals surface area contributed by atoms with Crippen molar-refractivity contribution in [3.8, 4) is 17.6 Å². The van der Waals surface area contributed by atoms with E-state index in [9.17, 15) is 20.2 Å². The second kappa shape index (κ2) is 9.47. The van der Waals surface area contributed by atoms with Gasteiger partial charge in [0.05, 0.1) is 39.9 Å². The Morgan fingerprint density at radius 2 is 1.66 bits per heavy atom. The highest BCUT2D eigenvalue weighted by molar-refractivity contribution is 6.40. The van der Waals surface area contributed by atoms with Gasteiger partial charge < -0.3 is 14.8 Å². The fraction of sp³-hybridized carbons (Fsp3) is 0.111. The summed E-state index contributed by atoms with van der Waals surface area (Å²) in [5.74, 6) is -0.111. The van der Waals surface area contributed by atoms with Crippen molar-refractivity contribution in [2.75, 3.05) is 19.5 Å². The molecule has 0 saturated heterocycles. The lowest BCUT2D eigenvalue weighted by atomic mass is 10.1. The molecular formula is C18H12Cl3N3O5. The lowest BCUT2D eigenvalue weighted by Crippen LogP contribution is -2.14. The Labute approximate surface area is 180 Å². The predicted molar refractivity (Wildman–Crippen MR) is 110 cm³/mol.